The number of hydrogen-bond donors (Lipinski definition) is 5. The molecule has 0 heterocycles. The Hall–Kier alpha value is -1.21. The highest BCUT2D eigenvalue weighted by atomic mass is 16.3. The fraction of sp³-hybridized carbons (Fsp3) is 0.914. The Morgan fingerprint density at radius 1 is 0.375 bits per heavy atom. The van der Waals surface area contributed by atoms with Crippen molar-refractivity contribution in [3.05, 3.63) is 24.3 Å². The molecule has 4 unspecified atom stereocenters. The smallest absolute Gasteiger partial charge is 0.249 e. The van der Waals surface area contributed by atoms with Gasteiger partial charge in [0.1, 0.15) is 12.2 Å². The van der Waals surface area contributed by atoms with E-state index in [9.17, 15) is 25.2 Å². The molecule has 380 valence electrons. The van der Waals surface area contributed by atoms with Crippen molar-refractivity contribution in [3.8, 4) is 0 Å². The average molecular weight is 905 g/mol. The second-order valence-corrected chi connectivity index (χ2v) is 20.0. The number of unbranched alkanes of at least 4 members (excludes halogenated alkanes) is 40. The van der Waals surface area contributed by atoms with Crippen LogP contribution in [0.1, 0.15) is 309 Å². The van der Waals surface area contributed by atoms with Crippen LogP contribution in [0.4, 0.5) is 0 Å². The van der Waals surface area contributed by atoms with Crippen molar-refractivity contribution in [2.75, 3.05) is 6.61 Å². The zero-order valence-electron chi connectivity index (χ0n) is 43.0. The van der Waals surface area contributed by atoms with E-state index in [2.05, 4.69) is 43.5 Å². The summed E-state index contributed by atoms with van der Waals surface area (Å²) in [7, 11) is 0. The number of aliphatic hydroxyl groups excluding tert-OH is 4. The number of aliphatic hydroxyl groups is 4. The van der Waals surface area contributed by atoms with Gasteiger partial charge in [0.15, 0.2) is 0 Å². The van der Waals surface area contributed by atoms with Gasteiger partial charge in [0.05, 0.1) is 18.8 Å². The number of carbonyl (C=O) groups excluding carboxylic acids is 1. The van der Waals surface area contributed by atoms with Crippen LogP contribution in [-0.2, 0) is 4.79 Å². The molecule has 0 radical (unpaired) electrons. The first-order chi connectivity index (χ1) is 31.5. The van der Waals surface area contributed by atoms with Crippen molar-refractivity contribution in [2.45, 2.75) is 334 Å². The molecule has 0 aromatic heterocycles. The van der Waals surface area contributed by atoms with Gasteiger partial charge in [-0.3, -0.25) is 4.79 Å². The first-order valence-electron chi connectivity index (χ1n) is 28.7. The minimum atomic E-state index is -1.29. The van der Waals surface area contributed by atoms with Gasteiger partial charge in [-0.25, -0.2) is 0 Å². The molecule has 64 heavy (non-hydrogen) atoms. The zero-order valence-corrected chi connectivity index (χ0v) is 43.0. The van der Waals surface area contributed by atoms with Gasteiger partial charge >= 0.3 is 0 Å². The number of allylic oxidation sites excluding steroid dienone is 4. The van der Waals surface area contributed by atoms with Crippen molar-refractivity contribution in [1.82, 2.24) is 5.32 Å². The van der Waals surface area contributed by atoms with Crippen molar-refractivity contribution in [1.29, 1.82) is 0 Å². The third kappa shape index (κ3) is 45.9. The molecule has 0 aromatic carbocycles. The van der Waals surface area contributed by atoms with E-state index >= 15 is 0 Å². The van der Waals surface area contributed by atoms with E-state index in [0.717, 1.165) is 38.5 Å². The lowest BCUT2D eigenvalue weighted by atomic mass is 10.00. The maximum Gasteiger partial charge on any atom is 0.249 e. The van der Waals surface area contributed by atoms with Gasteiger partial charge in [-0.1, -0.05) is 282 Å². The molecule has 0 aliphatic rings. The molecule has 0 bridgehead atoms. The fourth-order valence-electron chi connectivity index (χ4n) is 9.13. The summed E-state index contributed by atoms with van der Waals surface area (Å²) in [5.41, 5.74) is 0. The zero-order chi connectivity index (χ0) is 46.7. The fourth-order valence-corrected chi connectivity index (χ4v) is 9.13. The Morgan fingerprint density at radius 3 is 0.984 bits per heavy atom. The predicted molar refractivity (Wildman–Crippen MR) is 279 cm³/mol. The molecule has 6 heteroatoms. The van der Waals surface area contributed by atoms with Gasteiger partial charge in [-0.05, 0) is 51.4 Å². The molecule has 0 fully saturated rings. The van der Waals surface area contributed by atoms with Gasteiger partial charge < -0.3 is 25.7 Å². The Bertz CT molecular complexity index is 970. The quantitative estimate of drug-likeness (QED) is 0.0308. The predicted octanol–water partition coefficient (Wildman–Crippen LogP) is 16.6. The van der Waals surface area contributed by atoms with Crippen molar-refractivity contribution < 1.29 is 25.2 Å². The van der Waals surface area contributed by atoms with Gasteiger partial charge in [0.25, 0.3) is 0 Å². The lowest BCUT2D eigenvalue weighted by Gasteiger charge is -2.27. The van der Waals surface area contributed by atoms with Crippen molar-refractivity contribution in [3.63, 3.8) is 0 Å². The minimum absolute atomic E-state index is 0.364. The van der Waals surface area contributed by atoms with Crippen molar-refractivity contribution in [2.24, 2.45) is 0 Å². The standard InChI is InChI=1S/C58H113NO5/c1-3-5-7-9-11-13-15-17-19-21-23-25-26-27-28-29-30-31-32-34-35-37-39-41-43-45-47-49-51-55(61)57(63)54(53-60)59-58(64)56(62)52-50-48-46-44-42-40-38-36-33-24-22-20-18-16-14-12-10-8-6-4-2/h35,37,43,45,54-57,60-63H,3-34,36,38-42,44,46-53H2,1-2H3,(H,59,64)/b37-35+,45-43+. The van der Waals surface area contributed by atoms with E-state index in [0.29, 0.717) is 19.3 Å². The highest BCUT2D eigenvalue weighted by molar-refractivity contribution is 5.80. The summed E-state index contributed by atoms with van der Waals surface area (Å²) < 4.78 is 0. The van der Waals surface area contributed by atoms with Gasteiger partial charge in [0, 0.05) is 0 Å². The Labute approximate surface area is 399 Å². The number of carbonyl (C=O) groups is 1. The topological polar surface area (TPSA) is 110 Å². The Morgan fingerprint density at radius 2 is 0.656 bits per heavy atom. The number of rotatable bonds is 53. The summed E-state index contributed by atoms with van der Waals surface area (Å²) in [5.74, 6) is -0.592. The van der Waals surface area contributed by atoms with Crippen molar-refractivity contribution >= 4 is 5.91 Å². The molecule has 5 N–H and O–H groups in total. The summed E-state index contributed by atoms with van der Waals surface area (Å²) in [4.78, 5) is 12.6. The summed E-state index contributed by atoms with van der Waals surface area (Å²) in [6, 6.07) is -1.01. The van der Waals surface area contributed by atoms with Gasteiger partial charge in [-0.2, -0.15) is 0 Å². The second kappa shape index (κ2) is 52.8. The molecule has 1 amide bonds. The van der Waals surface area contributed by atoms with Crippen LogP contribution >= 0.6 is 0 Å². The second-order valence-electron chi connectivity index (χ2n) is 20.0. The molecule has 0 aliphatic heterocycles. The maximum atomic E-state index is 12.6. The van der Waals surface area contributed by atoms with Crippen LogP contribution in [0.5, 0.6) is 0 Å². The summed E-state index contributed by atoms with van der Waals surface area (Å²) in [6.45, 7) is 4.08. The highest BCUT2D eigenvalue weighted by Crippen LogP contribution is 2.18. The van der Waals surface area contributed by atoms with Crippen LogP contribution in [0.25, 0.3) is 0 Å². The molecule has 6 nitrogen and oxygen atoms in total. The third-order valence-corrected chi connectivity index (χ3v) is 13.6. The van der Waals surface area contributed by atoms with Gasteiger partial charge in [0.2, 0.25) is 5.91 Å². The summed E-state index contributed by atoms with van der Waals surface area (Å²) in [6.07, 6.45) is 64.0. The third-order valence-electron chi connectivity index (χ3n) is 13.6. The van der Waals surface area contributed by atoms with Crippen LogP contribution < -0.4 is 5.32 Å². The Balaban J connectivity index is 3.66. The normalized spacial score (nSPS) is 13.9. The first-order valence-corrected chi connectivity index (χ1v) is 28.7. The SMILES string of the molecule is CCCCCCCCCCCCCCCCCCCCC/C=C/CC/C=C/CCCC(O)C(O)C(CO)NC(=O)C(O)CCCCCCCCCCCCCCCCCCCCCC. The van der Waals surface area contributed by atoms with Crippen LogP contribution in [0.2, 0.25) is 0 Å². The highest BCUT2D eigenvalue weighted by Gasteiger charge is 2.28. The number of hydrogen-bond acceptors (Lipinski definition) is 5. The molecule has 0 aliphatic carbocycles. The number of amides is 1. The largest absolute Gasteiger partial charge is 0.394 e. The maximum absolute atomic E-state index is 12.6. The average Bonchev–Trinajstić information content (AvgIpc) is 3.30. The molecule has 0 spiro atoms. The summed E-state index contributed by atoms with van der Waals surface area (Å²) >= 11 is 0. The molecule has 4 atom stereocenters. The Kier molecular flexibility index (Phi) is 51.8. The van der Waals surface area contributed by atoms with E-state index < -0.39 is 36.9 Å². The van der Waals surface area contributed by atoms with E-state index in [1.165, 1.54) is 238 Å². The molecule has 0 aromatic rings. The molecular formula is C58H113NO5. The van der Waals surface area contributed by atoms with Crippen LogP contribution in [0.3, 0.4) is 0 Å². The van der Waals surface area contributed by atoms with Crippen LogP contribution in [-0.4, -0.2) is 57.3 Å². The minimum Gasteiger partial charge on any atom is -0.394 e. The van der Waals surface area contributed by atoms with E-state index in [-0.39, 0.29) is 0 Å². The molecular weight excluding hydrogens is 791 g/mol. The van der Waals surface area contributed by atoms with Gasteiger partial charge in [-0.15, -0.1) is 0 Å². The van der Waals surface area contributed by atoms with Crippen LogP contribution in [0, 0.1) is 0 Å². The van der Waals surface area contributed by atoms with E-state index in [1.54, 1.807) is 0 Å². The monoisotopic (exact) mass is 904 g/mol. The van der Waals surface area contributed by atoms with E-state index in [1.807, 2.05) is 0 Å². The molecule has 0 saturated carbocycles. The first kappa shape index (κ1) is 62.8. The summed E-state index contributed by atoms with van der Waals surface area (Å²) in [5, 5.41) is 44.0. The molecule has 0 saturated heterocycles. The number of nitrogens with one attached hydrogen (secondary N) is 1. The molecule has 0 rings (SSSR count). The lowest BCUT2D eigenvalue weighted by Crippen LogP contribution is -2.53. The van der Waals surface area contributed by atoms with E-state index in [4.69, 9.17) is 0 Å². The van der Waals surface area contributed by atoms with Crippen LogP contribution in [0.15, 0.2) is 24.3 Å². The lowest BCUT2D eigenvalue weighted by molar-refractivity contribution is -0.132.